The predicted molar refractivity (Wildman–Crippen MR) is 175 cm³/mol. The lowest BCUT2D eigenvalue weighted by Gasteiger charge is -2.22. The van der Waals surface area contributed by atoms with Gasteiger partial charge in [0.15, 0.2) is 0 Å². The highest BCUT2D eigenvalue weighted by Gasteiger charge is 2.35. The number of benzene rings is 5. The molecule has 0 saturated heterocycles. The molecular formula is C41H40. The summed E-state index contributed by atoms with van der Waals surface area (Å²) in [6.45, 7) is 9.36. The number of hydrogen-bond acceptors (Lipinski definition) is 0. The van der Waals surface area contributed by atoms with Crippen molar-refractivity contribution in [1.29, 1.82) is 0 Å². The number of rotatable bonds is 7. The molecule has 1 saturated carbocycles. The molecule has 0 N–H and O–H groups in total. The zero-order valence-electron chi connectivity index (χ0n) is 24.9. The second-order valence-corrected chi connectivity index (χ2v) is 13.0. The van der Waals surface area contributed by atoms with Gasteiger partial charge in [0.25, 0.3) is 0 Å². The van der Waals surface area contributed by atoms with E-state index >= 15 is 0 Å². The van der Waals surface area contributed by atoms with Crippen LogP contribution < -0.4 is 0 Å². The van der Waals surface area contributed by atoms with E-state index in [0.717, 1.165) is 18.8 Å². The zero-order valence-corrected chi connectivity index (χ0v) is 24.9. The Bertz CT molecular complexity index is 1730. The van der Waals surface area contributed by atoms with Crippen LogP contribution in [0.15, 0.2) is 109 Å². The van der Waals surface area contributed by atoms with Crippen LogP contribution in [-0.4, -0.2) is 0 Å². The van der Waals surface area contributed by atoms with Crippen molar-refractivity contribution in [2.45, 2.75) is 70.6 Å². The first-order valence-electron chi connectivity index (χ1n) is 15.4. The maximum absolute atomic E-state index is 2.47. The smallest absolute Gasteiger partial charge is 0.0158 e. The Kier molecular flexibility index (Phi) is 6.46. The zero-order chi connectivity index (χ0) is 28.1. The minimum absolute atomic E-state index is 0.0687. The average Bonchev–Trinajstić information content (AvgIpc) is 3.83. The van der Waals surface area contributed by atoms with Crippen molar-refractivity contribution in [3.63, 3.8) is 0 Å². The van der Waals surface area contributed by atoms with Gasteiger partial charge in [0.2, 0.25) is 0 Å². The van der Waals surface area contributed by atoms with Crippen molar-refractivity contribution >= 4 is 0 Å². The third-order valence-electron chi connectivity index (χ3n) is 9.83. The van der Waals surface area contributed by atoms with E-state index in [1.54, 1.807) is 0 Å². The van der Waals surface area contributed by atoms with E-state index in [2.05, 4.69) is 137 Å². The highest BCUT2D eigenvalue weighted by atomic mass is 14.4. The van der Waals surface area contributed by atoms with Gasteiger partial charge in [-0.2, -0.15) is 0 Å². The van der Waals surface area contributed by atoms with Gasteiger partial charge in [-0.3, -0.25) is 0 Å². The summed E-state index contributed by atoms with van der Waals surface area (Å²) in [4.78, 5) is 0. The van der Waals surface area contributed by atoms with Gasteiger partial charge in [0, 0.05) is 5.41 Å². The molecule has 0 heterocycles. The predicted octanol–water partition coefficient (Wildman–Crippen LogP) is 11.2. The van der Waals surface area contributed by atoms with Crippen LogP contribution in [-0.2, 0) is 11.8 Å². The van der Waals surface area contributed by atoms with E-state index in [0.29, 0.717) is 5.92 Å². The summed E-state index contributed by atoms with van der Waals surface area (Å²) in [5.41, 5.74) is 17.0. The molecule has 1 unspecified atom stereocenters. The molecule has 0 heteroatoms. The Morgan fingerprint density at radius 1 is 0.659 bits per heavy atom. The average molecular weight is 533 g/mol. The van der Waals surface area contributed by atoms with E-state index in [9.17, 15) is 0 Å². The van der Waals surface area contributed by atoms with E-state index in [-0.39, 0.29) is 5.41 Å². The summed E-state index contributed by atoms with van der Waals surface area (Å²) in [5.74, 6) is 1.26. The quantitative estimate of drug-likeness (QED) is 0.195. The summed E-state index contributed by atoms with van der Waals surface area (Å²) >= 11 is 0. The number of aryl methyl sites for hydroxylation is 2. The van der Waals surface area contributed by atoms with E-state index in [1.807, 2.05) is 0 Å². The van der Waals surface area contributed by atoms with Crippen LogP contribution in [0.1, 0.15) is 85.3 Å². The molecular weight excluding hydrogens is 492 g/mol. The molecule has 204 valence electrons. The van der Waals surface area contributed by atoms with Gasteiger partial charge < -0.3 is 0 Å². The normalized spacial score (nSPS) is 15.8. The highest BCUT2D eigenvalue weighted by molar-refractivity contribution is 5.81. The monoisotopic (exact) mass is 532 g/mol. The largest absolute Gasteiger partial charge is 0.0619 e. The van der Waals surface area contributed by atoms with Crippen molar-refractivity contribution in [2.75, 3.05) is 0 Å². The Morgan fingerprint density at radius 2 is 1.34 bits per heavy atom. The Labute approximate surface area is 246 Å². The van der Waals surface area contributed by atoms with Crippen LogP contribution in [0, 0.1) is 6.92 Å². The SMILES string of the molecule is Cc1ccc(-c2ccc(C(C)CCc3ccc4c(c3)C(C)(C)c3ccccc3-4)cc2)cc1-c1ccccc1C1CC1. The topological polar surface area (TPSA) is 0 Å². The lowest BCUT2D eigenvalue weighted by atomic mass is 9.81. The molecule has 5 aromatic rings. The summed E-state index contributed by atoms with van der Waals surface area (Å²) in [6.07, 6.45) is 4.91. The summed E-state index contributed by atoms with van der Waals surface area (Å²) < 4.78 is 0. The minimum Gasteiger partial charge on any atom is -0.0619 e. The molecule has 1 atom stereocenters. The fourth-order valence-electron chi connectivity index (χ4n) is 7.05. The maximum atomic E-state index is 2.47. The van der Waals surface area contributed by atoms with Crippen LogP contribution in [0.2, 0.25) is 0 Å². The third-order valence-corrected chi connectivity index (χ3v) is 9.83. The van der Waals surface area contributed by atoms with Crippen LogP contribution in [0.4, 0.5) is 0 Å². The van der Waals surface area contributed by atoms with E-state index < -0.39 is 0 Å². The van der Waals surface area contributed by atoms with Crippen molar-refractivity contribution in [3.8, 4) is 33.4 Å². The van der Waals surface area contributed by atoms with Gasteiger partial charge in [0.05, 0.1) is 0 Å². The molecule has 0 bridgehead atoms. The fraction of sp³-hybridized carbons (Fsp3) is 0.268. The molecule has 1 fully saturated rings. The Morgan fingerprint density at radius 3 is 2.12 bits per heavy atom. The third kappa shape index (κ3) is 4.74. The summed E-state index contributed by atoms with van der Waals surface area (Å²) in [5, 5.41) is 0. The highest BCUT2D eigenvalue weighted by Crippen LogP contribution is 2.49. The summed E-state index contributed by atoms with van der Waals surface area (Å²) in [7, 11) is 0. The van der Waals surface area contributed by atoms with Gasteiger partial charge in [-0.1, -0.05) is 124 Å². The van der Waals surface area contributed by atoms with Crippen molar-refractivity contribution < 1.29 is 0 Å². The molecule has 0 aliphatic heterocycles. The van der Waals surface area contributed by atoms with Gasteiger partial charge in [0.1, 0.15) is 0 Å². The number of hydrogen-bond donors (Lipinski definition) is 0. The van der Waals surface area contributed by atoms with Gasteiger partial charge in [-0.05, 0) is 117 Å². The second-order valence-electron chi connectivity index (χ2n) is 13.0. The number of fused-ring (bicyclic) bond motifs is 3. The molecule has 0 radical (unpaired) electrons. The first-order chi connectivity index (χ1) is 19.9. The first-order valence-corrected chi connectivity index (χ1v) is 15.4. The standard InChI is InChI=1S/C41H40/c1-27(13-15-29-16-24-37-36-11-7-8-12-39(36)41(3,4)40(37)25-29)30-18-20-31(21-19-30)33-17-14-28(2)38(26-33)35-10-6-5-9-34(35)32-22-23-32/h5-12,14,16-21,24-27,32H,13,15,22-23H2,1-4H3. The van der Waals surface area contributed by atoms with Crippen LogP contribution in [0.25, 0.3) is 33.4 Å². The van der Waals surface area contributed by atoms with Crippen molar-refractivity contribution in [1.82, 2.24) is 0 Å². The van der Waals surface area contributed by atoms with E-state index in [1.165, 1.54) is 79.6 Å². The molecule has 2 aliphatic rings. The molecule has 0 spiro atoms. The van der Waals surface area contributed by atoms with Gasteiger partial charge in [-0.15, -0.1) is 0 Å². The van der Waals surface area contributed by atoms with Crippen LogP contribution in [0.3, 0.4) is 0 Å². The fourth-order valence-corrected chi connectivity index (χ4v) is 7.05. The molecule has 7 rings (SSSR count). The van der Waals surface area contributed by atoms with Crippen LogP contribution >= 0.6 is 0 Å². The Hall–Kier alpha value is -3.90. The van der Waals surface area contributed by atoms with E-state index in [4.69, 9.17) is 0 Å². The lowest BCUT2D eigenvalue weighted by Crippen LogP contribution is -2.15. The Balaban J connectivity index is 1.07. The second kappa shape index (κ2) is 10.2. The van der Waals surface area contributed by atoms with Gasteiger partial charge >= 0.3 is 0 Å². The molecule has 2 aliphatic carbocycles. The minimum atomic E-state index is 0.0687. The first kappa shape index (κ1) is 26.0. The van der Waals surface area contributed by atoms with Crippen molar-refractivity contribution in [3.05, 3.63) is 143 Å². The lowest BCUT2D eigenvalue weighted by molar-refractivity contribution is 0.653. The molecule has 5 aromatic carbocycles. The molecule has 41 heavy (non-hydrogen) atoms. The maximum Gasteiger partial charge on any atom is 0.0158 e. The summed E-state index contributed by atoms with van der Waals surface area (Å²) in [6, 6.07) is 41.4. The molecule has 0 aromatic heterocycles. The molecule has 0 amide bonds. The molecule has 0 nitrogen and oxygen atoms in total. The van der Waals surface area contributed by atoms with Gasteiger partial charge in [-0.25, -0.2) is 0 Å². The van der Waals surface area contributed by atoms with Crippen molar-refractivity contribution in [2.24, 2.45) is 0 Å². The van der Waals surface area contributed by atoms with Crippen LogP contribution in [0.5, 0.6) is 0 Å².